The maximum atomic E-state index is 10.0. The van der Waals surface area contributed by atoms with Crippen molar-refractivity contribution < 1.29 is 37.9 Å². The molecule has 0 radical (unpaired) electrons. The van der Waals surface area contributed by atoms with Crippen molar-refractivity contribution in [3.8, 4) is 0 Å². The highest BCUT2D eigenvalue weighted by Gasteiger charge is 2.38. The number of rotatable bonds is 6. The molecule has 10 heteroatoms. The molecule has 0 rings (SSSR count). The minimum absolute atomic E-state index is 1.32. The molecule has 0 aliphatic rings. The fraction of sp³-hybridized carbons (Fsp3) is 0.833. The predicted molar refractivity (Wildman–Crippen MR) is 53.8 cm³/mol. The molecule has 0 bridgehead atoms. The molecule has 3 N–H and O–H groups in total. The largest absolute Gasteiger partial charge is 0.698 e. The monoisotopic (exact) mass is 276 g/mol. The van der Waals surface area contributed by atoms with Crippen LogP contribution < -0.4 is 0 Å². The molecule has 16 heavy (non-hydrogen) atoms. The number of carboxylic acids is 1. The lowest BCUT2D eigenvalue weighted by molar-refractivity contribution is -0.158. The lowest BCUT2D eigenvalue weighted by Gasteiger charge is -1.93. The first-order valence-electron chi connectivity index (χ1n) is 4.23. The third-order valence-corrected chi connectivity index (χ3v) is 1.82. The standard InChI is InChI=1S/C4H10.C2H2O8P2/c1-3-4-2;3-1(4)2(9-11(5)6)10-12(7)8/h3-4H2,1-2H3;2H,(H-2,3,4,5,6,7,8)/p+2. The summed E-state index contributed by atoms with van der Waals surface area (Å²) in [5.41, 5.74) is 0. The fourth-order valence-electron chi connectivity index (χ4n) is 0.273. The van der Waals surface area contributed by atoms with E-state index < -0.39 is 28.8 Å². The fourth-order valence-corrected chi connectivity index (χ4v) is 0.935. The van der Waals surface area contributed by atoms with Gasteiger partial charge in [0, 0.05) is 9.13 Å². The van der Waals surface area contributed by atoms with Gasteiger partial charge in [-0.2, -0.15) is 0 Å². The van der Waals surface area contributed by atoms with Gasteiger partial charge in [-0.15, -0.1) is 9.79 Å². The van der Waals surface area contributed by atoms with Crippen LogP contribution in [0, 0.1) is 0 Å². The van der Waals surface area contributed by atoms with Crippen LogP contribution in [0.25, 0.3) is 0 Å². The van der Waals surface area contributed by atoms with Crippen molar-refractivity contribution in [2.75, 3.05) is 0 Å². The molecule has 94 valence electrons. The minimum atomic E-state index is -3.20. The molecule has 0 aliphatic heterocycles. The van der Waals surface area contributed by atoms with Crippen molar-refractivity contribution in [2.24, 2.45) is 0 Å². The van der Waals surface area contributed by atoms with Crippen molar-refractivity contribution in [3.05, 3.63) is 0 Å². The predicted octanol–water partition coefficient (Wildman–Crippen LogP) is 1.54. The molecular formula is C6H14O8P2+2. The zero-order valence-corrected chi connectivity index (χ0v) is 10.6. The van der Waals surface area contributed by atoms with Gasteiger partial charge >= 0.3 is 28.8 Å². The zero-order chi connectivity index (χ0) is 13.1. The number of carboxylic acid groups (broad SMARTS) is 1. The van der Waals surface area contributed by atoms with E-state index in [4.69, 9.17) is 14.9 Å². The molecule has 0 heterocycles. The van der Waals surface area contributed by atoms with Gasteiger partial charge in [0.25, 0.3) is 0 Å². The molecule has 0 amide bonds. The molecule has 0 fully saturated rings. The molecule has 0 aromatic rings. The normalized spacial score (nSPS) is 13.2. The molecular weight excluding hydrogens is 262 g/mol. The van der Waals surface area contributed by atoms with Crippen LogP contribution in [-0.2, 0) is 23.0 Å². The van der Waals surface area contributed by atoms with Gasteiger partial charge in [-0.05, 0) is 0 Å². The van der Waals surface area contributed by atoms with E-state index in [1.54, 1.807) is 0 Å². The van der Waals surface area contributed by atoms with Crippen LogP contribution in [-0.4, -0.2) is 27.2 Å². The molecule has 0 saturated heterocycles. The van der Waals surface area contributed by atoms with E-state index in [0.717, 1.165) is 0 Å². The maximum Gasteiger partial charge on any atom is 0.698 e. The number of carbonyl (C=O) groups is 1. The summed E-state index contributed by atoms with van der Waals surface area (Å²) in [6.07, 6.45) is 0.423. The Morgan fingerprint density at radius 2 is 1.44 bits per heavy atom. The summed E-state index contributed by atoms with van der Waals surface area (Å²) < 4.78 is 27.2. The quantitative estimate of drug-likeness (QED) is 0.491. The Labute approximate surface area is 94.1 Å². The van der Waals surface area contributed by atoms with Gasteiger partial charge in [0.05, 0.1) is 0 Å². The molecule has 8 nitrogen and oxygen atoms in total. The Morgan fingerprint density at radius 3 is 1.56 bits per heavy atom. The molecule has 2 unspecified atom stereocenters. The number of hydrogen-bond acceptors (Lipinski definition) is 5. The Hall–Kier alpha value is -0.490. The third kappa shape index (κ3) is 13.5. The van der Waals surface area contributed by atoms with Gasteiger partial charge in [0.15, 0.2) is 0 Å². The third-order valence-electron chi connectivity index (χ3n) is 1.07. The Morgan fingerprint density at radius 1 is 1.12 bits per heavy atom. The van der Waals surface area contributed by atoms with E-state index in [1.165, 1.54) is 12.8 Å². The van der Waals surface area contributed by atoms with Crippen LogP contribution in [0.2, 0.25) is 0 Å². The van der Waals surface area contributed by atoms with Crippen molar-refractivity contribution in [1.82, 2.24) is 0 Å². The first-order chi connectivity index (χ1) is 7.34. The summed E-state index contributed by atoms with van der Waals surface area (Å²) in [5.74, 6) is -1.77. The van der Waals surface area contributed by atoms with Gasteiger partial charge in [-0.25, -0.2) is 4.79 Å². The first kappa shape index (κ1) is 17.9. The van der Waals surface area contributed by atoms with Crippen molar-refractivity contribution in [2.45, 2.75) is 33.0 Å². The van der Waals surface area contributed by atoms with Gasteiger partial charge in [0.1, 0.15) is 0 Å². The lowest BCUT2D eigenvalue weighted by Crippen LogP contribution is -2.22. The highest BCUT2D eigenvalue weighted by molar-refractivity contribution is 7.33. The van der Waals surface area contributed by atoms with Crippen LogP contribution in [0.15, 0.2) is 0 Å². The number of unbranched alkanes of at least 4 members (excludes halogenated alkanes) is 1. The van der Waals surface area contributed by atoms with Crippen molar-refractivity contribution in [1.29, 1.82) is 0 Å². The van der Waals surface area contributed by atoms with E-state index >= 15 is 0 Å². The number of aliphatic carboxylic acids is 1. The molecule has 0 aromatic carbocycles. The average molecular weight is 276 g/mol. The van der Waals surface area contributed by atoms with Gasteiger partial charge in [-0.3, -0.25) is 0 Å². The second-order valence-corrected chi connectivity index (χ2v) is 3.73. The second-order valence-electron chi connectivity index (χ2n) is 2.36. The van der Waals surface area contributed by atoms with Crippen LogP contribution in [0.3, 0.4) is 0 Å². The van der Waals surface area contributed by atoms with E-state index in [0.29, 0.717) is 0 Å². The van der Waals surface area contributed by atoms with E-state index in [1.807, 2.05) is 0 Å². The summed E-state index contributed by atoms with van der Waals surface area (Å²) in [5, 5.41) is 8.14. The van der Waals surface area contributed by atoms with Crippen molar-refractivity contribution >= 4 is 22.5 Å². The molecule has 0 spiro atoms. The molecule has 2 atom stereocenters. The smallest absolute Gasteiger partial charge is 0.477 e. The van der Waals surface area contributed by atoms with Gasteiger partial charge in [-0.1, -0.05) is 35.7 Å². The highest BCUT2D eigenvalue weighted by Crippen LogP contribution is 2.25. The Kier molecular flexibility index (Phi) is 12.3. The highest BCUT2D eigenvalue weighted by atomic mass is 31.1. The van der Waals surface area contributed by atoms with Crippen molar-refractivity contribution in [3.63, 3.8) is 0 Å². The molecule has 0 aliphatic carbocycles. The van der Waals surface area contributed by atoms with E-state index in [9.17, 15) is 13.9 Å². The topological polar surface area (TPSA) is 130 Å². The van der Waals surface area contributed by atoms with E-state index in [-0.39, 0.29) is 0 Å². The summed E-state index contributed by atoms with van der Waals surface area (Å²) >= 11 is 0. The summed E-state index contributed by atoms with van der Waals surface area (Å²) in [4.78, 5) is 26.1. The minimum Gasteiger partial charge on any atom is -0.477 e. The summed E-state index contributed by atoms with van der Waals surface area (Å²) in [7, 11) is -6.40. The first-order valence-corrected chi connectivity index (χ1v) is 6.49. The van der Waals surface area contributed by atoms with Gasteiger partial charge < -0.3 is 5.11 Å². The maximum absolute atomic E-state index is 10.0. The summed E-state index contributed by atoms with van der Waals surface area (Å²) in [6.45, 7) is 4.36. The second kappa shape index (κ2) is 11.0. The van der Waals surface area contributed by atoms with Crippen LogP contribution in [0.5, 0.6) is 0 Å². The Balaban J connectivity index is 0. The molecule has 0 saturated carbocycles. The van der Waals surface area contributed by atoms with Crippen LogP contribution >= 0.6 is 16.5 Å². The molecule has 0 aromatic heterocycles. The van der Waals surface area contributed by atoms with Gasteiger partial charge in [0.2, 0.25) is 0 Å². The SMILES string of the molecule is CCCC.O=C(O)C(O[P+](=O)O)O[P+](=O)O. The summed E-state index contributed by atoms with van der Waals surface area (Å²) in [6, 6.07) is 0. The zero-order valence-electron chi connectivity index (χ0n) is 8.77. The van der Waals surface area contributed by atoms with Crippen LogP contribution in [0.1, 0.15) is 26.7 Å². The van der Waals surface area contributed by atoms with Crippen LogP contribution in [0.4, 0.5) is 0 Å². The number of hydrogen-bond donors (Lipinski definition) is 3. The van der Waals surface area contributed by atoms with E-state index in [2.05, 4.69) is 22.9 Å². The average Bonchev–Trinajstić information content (AvgIpc) is 2.15. The lowest BCUT2D eigenvalue weighted by atomic mass is 10.4. The Bertz CT molecular complexity index is 225.